The Morgan fingerprint density at radius 3 is 2.65 bits per heavy atom. The zero-order valence-corrected chi connectivity index (χ0v) is 16.8. The van der Waals surface area contributed by atoms with Gasteiger partial charge in [-0.2, -0.15) is 0 Å². The SMILES string of the molecule is N[C@@H](CC(=O)N1CC[C@H]2CN(C(=O)c3ccccn3)C[C@H]21)Cc1cc(F)c(F)cc1F. The van der Waals surface area contributed by atoms with Gasteiger partial charge in [0.15, 0.2) is 11.6 Å². The molecule has 0 bridgehead atoms. The van der Waals surface area contributed by atoms with Crippen molar-refractivity contribution in [3.63, 3.8) is 0 Å². The van der Waals surface area contributed by atoms with Gasteiger partial charge in [-0.05, 0) is 36.6 Å². The molecule has 2 aliphatic rings. The largest absolute Gasteiger partial charge is 0.338 e. The Morgan fingerprint density at radius 1 is 1.13 bits per heavy atom. The van der Waals surface area contributed by atoms with E-state index in [-0.39, 0.29) is 42.2 Å². The summed E-state index contributed by atoms with van der Waals surface area (Å²) in [6.07, 6.45) is 2.23. The van der Waals surface area contributed by atoms with E-state index in [1.165, 1.54) is 0 Å². The number of carbonyl (C=O) groups excluding carboxylic acids is 2. The summed E-state index contributed by atoms with van der Waals surface area (Å²) in [5, 5.41) is 0. The zero-order chi connectivity index (χ0) is 22.1. The molecular formula is C22H23F3N4O2. The molecule has 0 unspecified atom stereocenters. The topological polar surface area (TPSA) is 79.5 Å². The second kappa shape index (κ2) is 8.66. The summed E-state index contributed by atoms with van der Waals surface area (Å²) in [6.45, 7) is 1.57. The summed E-state index contributed by atoms with van der Waals surface area (Å²) in [4.78, 5) is 33.1. The molecule has 4 rings (SSSR count). The molecule has 0 aliphatic carbocycles. The van der Waals surface area contributed by atoms with Crippen LogP contribution in [0.1, 0.15) is 28.9 Å². The van der Waals surface area contributed by atoms with Gasteiger partial charge in [-0.3, -0.25) is 14.6 Å². The first kappa shape index (κ1) is 21.3. The molecule has 3 atom stereocenters. The molecule has 2 aromatic rings. The summed E-state index contributed by atoms with van der Waals surface area (Å²) in [5.74, 6) is -3.46. The lowest BCUT2D eigenvalue weighted by Crippen LogP contribution is -2.43. The van der Waals surface area contributed by atoms with Crippen LogP contribution in [0, 0.1) is 23.4 Å². The Balaban J connectivity index is 1.36. The average Bonchev–Trinajstić information content (AvgIpc) is 3.33. The molecule has 2 N–H and O–H groups in total. The summed E-state index contributed by atoms with van der Waals surface area (Å²) >= 11 is 0. The van der Waals surface area contributed by atoms with E-state index >= 15 is 0 Å². The Hall–Kier alpha value is -2.94. The number of halogens is 3. The highest BCUT2D eigenvalue weighted by atomic mass is 19.2. The Morgan fingerprint density at radius 2 is 1.90 bits per heavy atom. The van der Waals surface area contributed by atoms with E-state index in [1.54, 1.807) is 34.2 Å². The van der Waals surface area contributed by atoms with Gasteiger partial charge >= 0.3 is 0 Å². The van der Waals surface area contributed by atoms with Gasteiger partial charge in [0.1, 0.15) is 11.5 Å². The highest BCUT2D eigenvalue weighted by Gasteiger charge is 2.44. The van der Waals surface area contributed by atoms with Crippen molar-refractivity contribution in [2.75, 3.05) is 19.6 Å². The van der Waals surface area contributed by atoms with Crippen LogP contribution in [0.5, 0.6) is 0 Å². The Labute approximate surface area is 177 Å². The zero-order valence-electron chi connectivity index (χ0n) is 16.8. The molecule has 9 heteroatoms. The third kappa shape index (κ3) is 4.41. The van der Waals surface area contributed by atoms with Gasteiger partial charge in [0.25, 0.3) is 5.91 Å². The fraction of sp³-hybridized carbons (Fsp3) is 0.409. The third-order valence-electron chi connectivity index (χ3n) is 6.05. The van der Waals surface area contributed by atoms with E-state index in [9.17, 15) is 22.8 Å². The minimum absolute atomic E-state index is 0.0458. The van der Waals surface area contributed by atoms with Crippen LogP contribution in [-0.4, -0.2) is 58.3 Å². The lowest BCUT2D eigenvalue weighted by Gasteiger charge is -2.26. The Bertz CT molecular complexity index is 988. The van der Waals surface area contributed by atoms with Crippen molar-refractivity contribution in [3.05, 3.63) is 65.2 Å². The monoisotopic (exact) mass is 432 g/mol. The first-order valence-electron chi connectivity index (χ1n) is 10.2. The lowest BCUT2D eigenvalue weighted by molar-refractivity contribution is -0.132. The van der Waals surface area contributed by atoms with E-state index in [1.807, 2.05) is 0 Å². The molecule has 164 valence electrons. The molecule has 2 saturated heterocycles. The van der Waals surface area contributed by atoms with Crippen LogP contribution < -0.4 is 5.73 Å². The summed E-state index contributed by atoms with van der Waals surface area (Å²) in [7, 11) is 0. The molecule has 2 aliphatic heterocycles. The van der Waals surface area contributed by atoms with Crippen molar-refractivity contribution in [2.24, 2.45) is 11.7 Å². The lowest BCUT2D eigenvalue weighted by atomic mass is 10.0. The van der Waals surface area contributed by atoms with Crippen LogP contribution in [0.2, 0.25) is 0 Å². The van der Waals surface area contributed by atoms with Crippen molar-refractivity contribution in [1.29, 1.82) is 0 Å². The minimum Gasteiger partial charge on any atom is -0.338 e. The molecule has 2 amide bonds. The molecule has 3 heterocycles. The molecule has 0 spiro atoms. The van der Waals surface area contributed by atoms with Crippen LogP contribution in [0.4, 0.5) is 13.2 Å². The van der Waals surface area contributed by atoms with Gasteiger partial charge in [0.05, 0.1) is 6.04 Å². The number of rotatable bonds is 5. The van der Waals surface area contributed by atoms with E-state index in [0.29, 0.717) is 31.4 Å². The minimum atomic E-state index is -1.26. The first-order chi connectivity index (χ1) is 14.8. The van der Waals surface area contributed by atoms with E-state index in [2.05, 4.69) is 4.98 Å². The van der Waals surface area contributed by atoms with Crippen molar-refractivity contribution in [2.45, 2.75) is 31.3 Å². The normalized spacial score (nSPS) is 21.3. The third-order valence-corrected chi connectivity index (χ3v) is 6.05. The standard InChI is InChI=1S/C22H23F3N4O2/c23-16-10-18(25)17(24)8-14(16)7-15(26)9-21(30)29-6-4-13-11-28(12-20(13)29)22(31)19-3-1-2-5-27-19/h1-3,5,8,10,13,15,20H,4,6-7,9,11-12,26H2/t13-,15+,20+/m0/s1. The van der Waals surface area contributed by atoms with Gasteiger partial charge in [-0.25, -0.2) is 13.2 Å². The number of hydrogen-bond donors (Lipinski definition) is 1. The van der Waals surface area contributed by atoms with Gasteiger partial charge < -0.3 is 15.5 Å². The number of amides is 2. The first-order valence-corrected chi connectivity index (χ1v) is 10.2. The van der Waals surface area contributed by atoms with Gasteiger partial charge in [0, 0.05) is 50.3 Å². The molecule has 1 aromatic carbocycles. The van der Waals surface area contributed by atoms with Crippen LogP contribution in [-0.2, 0) is 11.2 Å². The van der Waals surface area contributed by atoms with Crippen LogP contribution in [0.3, 0.4) is 0 Å². The molecule has 2 fully saturated rings. The fourth-order valence-corrected chi connectivity index (χ4v) is 4.50. The van der Waals surface area contributed by atoms with Gasteiger partial charge in [0.2, 0.25) is 5.91 Å². The molecular weight excluding hydrogens is 409 g/mol. The predicted molar refractivity (Wildman–Crippen MR) is 106 cm³/mol. The highest BCUT2D eigenvalue weighted by Crippen LogP contribution is 2.32. The van der Waals surface area contributed by atoms with Crippen LogP contribution >= 0.6 is 0 Å². The van der Waals surface area contributed by atoms with Crippen molar-refractivity contribution >= 4 is 11.8 Å². The number of fused-ring (bicyclic) bond motifs is 1. The molecule has 6 nitrogen and oxygen atoms in total. The average molecular weight is 432 g/mol. The van der Waals surface area contributed by atoms with Crippen LogP contribution in [0.15, 0.2) is 36.5 Å². The molecule has 31 heavy (non-hydrogen) atoms. The molecule has 0 saturated carbocycles. The number of likely N-dealkylation sites (tertiary alicyclic amines) is 2. The summed E-state index contributed by atoms with van der Waals surface area (Å²) in [5.41, 5.74) is 6.32. The summed E-state index contributed by atoms with van der Waals surface area (Å²) < 4.78 is 40.4. The molecule has 1 aromatic heterocycles. The maximum absolute atomic E-state index is 13.9. The van der Waals surface area contributed by atoms with Crippen molar-refractivity contribution in [3.8, 4) is 0 Å². The van der Waals surface area contributed by atoms with Crippen LogP contribution in [0.25, 0.3) is 0 Å². The van der Waals surface area contributed by atoms with Gasteiger partial charge in [-0.1, -0.05) is 6.07 Å². The second-order valence-corrected chi connectivity index (χ2v) is 8.15. The van der Waals surface area contributed by atoms with Crippen molar-refractivity contribution < 1.29 is 22.8 Å². The summed E-state index contributed by atoms with van der Waals surface area (Å²) in [6, 6.07) is 5.59. The Kier molecular flexibility index (Phi) is 5.95. The maximum atomic E-state index is 13.9. The van der Waals surface area contributed by atoms with Gasteiger partial charge in [-0.15, -0.1) is 0 Å². The molecule has 0 radical (unpaired) electrons. The predicted octanol–water partition coefficient (Wildman–Crippen LogP) is 2.13. The van der Waals surface area contributed by atoms with Crippen molar-refractivity contribution in [1.82, 2.24) is 14.8 Å². The number of benzene rings is 1. The highest BCUT2D eigenvalue weighted by molar-refractivity contribution is 5.92. The quantitative estimate of drug-likeness (QED) is 0.735. The number of hydrogen-bond acceptors (Lipinski definition) is 4. The number of pyridine rings is 1. The number of carbonyl (C=O) groups is 2. The van der Waals surface area contributed by atoms with E-state index < -0.39 is 23.5 Å². The fourth-order valence-electron chi connectivity index (χ4n) is 4.50. The van der Waals surface area contributed by atoms with E-state index in [4.69, 9.17) is 5.73 Å². The smallest absolute Gasteiger partial charge is 0.272 e. The maximum Gasteiger partial charge on any atom is 0.272 e. The number of nitrogens with zero attached hydrogens (tertiary/aromatic N) is 3. The van der Waals surface area contributed by atoms with E-state index in [0.717, 1.165) is 12.5 Å². The second-order valence-electron chi connectivity index (χ2n) is 8.15. The number of nitrogens with two attached hydrogens (primary N) is 1. The number of aromatic nitrogens is 1.